The zero-order chi connectivity index (χ0) is 14.4. The van der Waals surface area contributed by atoms with Crippen molar-refractivity contribution in [3.05, 3.63) is 22.4 Å². The van der Waals surface area contributed by atoms with E-state index < -0.39 is 11.8 Å². The van der Waals surface area contributed by atoms with Crippen molar-refractivity contribution in [2.24, 2.45) is 7.05 Å². The summed E-state index contributed by atoms with van der Waals surface area (Å²) in [5.74, 6) is -0.589. The van der Waals surface area contributed by atoms with Gasteiger partial charge in [0.25, 0.3) is 0 Å². The molecule has 1 aliphatic rings. The van der Waals surface area contributed by atoms with E-state index in [0.717, 1.165) is 0 Å². The van der Waals surface area contributed by atoms with Gasteiger partial charge in [-0.25, -0.2) is 9.18 Å². The first kappa shape index (κ1) is 13.0. The van der Waals surface area contributed by atoms with Crippen LogP contribution in [-0.4, -0.2) is 28.3 Å². The average molecular weight is 341 g/mol. The molecule has 0 radical (unpaired) electrons. The van der Waals surface area contributed by atoms with Crippen molar-refractivity contribution in [3.8, 4) is 0 Å². The number of aryl methyl sites for hydroxylation is 1. The van der Waals surface area contributed by atoms with E-state index in [1.807, 2.05) is 0 Å². The van der Waals surface area contributed by atoms with Crippen LogP contribution in [0.1, 0.15) is 6.42 Å². The lowest BCUT2D eigenvalue weighted by molar-refractivity contribution is -0.120. The Bertz CT molecular complexity index is 743. The second-order valence-corrected chi connectivity index (χ2v) is 5.40. The number of fused-ring (bicyclic) bond motifs is 1. The van der Waals surface area contributed by atoms with E-state index in [1.54, 1.807) is 13.1 Å². The van der Waals surface area contributed by atoms with Gasteiger partial charge in [0, 0.05) is 24.5 Å². The molecule has 1 aliphatic heterocycles. The molecule has 1 N–H and O–H groups in total. The summed E-state index contributed by atoms with van der Waals surface area (Å²) in [5.41, 5.74) is 0.566. The minimum Gasteiger partial charge on any atom is -0.278 e. The highest BCUT2D eigenvalue weighted by molar-refractivity contribution is 9.10. The van der Waals surface area contributed by atoms with Crippen molar-refractivity contribution in [1.29, 1.82) is 0 Å². The van der Waals surface area contributed by atoms with E-state index in [2.05, 4.69) is 26.3 Å². The van der Waals surface area contributed by atoms with Crippen molar-refractivity contribution in [2.45, 2.75) is 6.42 Å². The summed E-state index contributed by atoms with van der Waals surface area (Å²) in [7, 11) is 1.67. The second-order valence-electron chi connectivity index (χ2n) is 4.48. The predicted molar refractivity (Wildman–Crippen MR) is 73.9 cm³/mol. The lowest BCUT2D eigenvalue weighted by Crippen LogP contribution is -2.49. The Morgan fingerprint density at radius 2 is 2.15 bits per heavy atom. The Morgan fingerprint density at radius 1 is 1.40 bits per heavy atom. The Labute approximate surface area is 121 Å². The van der Waals surface area contributed by atoms with Gasteiger partial charge in [-0.3, -0.25) is 19.7 Å². The first-order valence-corrected chi connectivity index (χ1v) is 6.70. The van der Waals surface area contributed by atoms with Gasteiger partial charge in [-0.1, -0.05) is 15.9 Å². The van der Waals surface area contributed by atoms with Gasteiger partial charge >= 0.3 is 6.03 Å². The number of halogens is 2. The largest absolute Gasteiger partial charge is 0.329 e. The van der Waals surface area contributed by atoms with Crippen molar-refractivity contribution in [2.75, 3.05) is 11.4 Å². The number of urea groups is 1. The Kier molecular flexibility index (Phi) is 2.97. The number of rotatable bonds is 1. The van der Waals surface area contributed by atoms with Crippen LogP contribution in [0.4, 0.5) is 15.0 Å². The summed E-state index contributed by atoms with van der Waals surface area (Å²) in [6.07, 6.45) is 0.169. The number of anilines is 1. The van der Waals surface area contributed by atoms with Crippen molar-refractivity contribution in [1.82, 2.24) is 15.1 Å². The summed E-state index contributed by atoms with van der Waals surface area (Å²) in [6.45, 7) is 0.187. The fourth-order valence-corrected chi connectivity index (χ4v) is 2.66. The number of aromatic nitrogens is 2. The van der Waals surface area contributed by atoms with E-state index in [4.69, 9.17) is 0 Å². The van der Waals surface area contributed by atoms with Crippen LogP contribution in [0.25, 0.3) is 10.9 Å². The number of imide groups is 1. The molecule has 6 nitrogen and oxygen atoms in total. The maximum absolute atomic E-state index is 14.2. The zero-order valence-electron chi connectivity index (χ0n) is 10.5. The van der Waals surface area contributed by atoms with Crippen LogP contribution in [-0.2, 0) is 11.8 Å². The Morgan fingerprint density at radius 3 is 2.85 bits per heavy atom. The Hall–Kier alpha value is -1.96. The zero-order valence-corrected chi connectivity index (χ0v) is 12.1. The first-order valence-electron chi connectivity index (χ1n) is 5.90. The first-order chi connectivity index (χ1) is 9.47. The number of nitrogens with zero attached hydrogens (tertiary/aromatic N) is 3. The highest BCUT2D eigenvalue weighted by atomic mass is 79.9. The summed E-state index contributed by atoms with van der Waals surface area (Å²) in [6, 6.07) is 2.46. The van der Waals surface area contributed by atoms with Crippen LogP contribution in [0.5, 0.6) is 0 Å². The molecule has 0 saturated carbocycles. The van der Waals surface area contributed by atoms with Gasteiger partial charge in [0.2, 0.25) is 5.91 Å². The molecular weight excluding hydrogens is 331 g/mol. The van der Waals surface area contributed by atoms with Gasteiger partial charge in [-0.05, 0) is 12.1 Å². The molecule has 104 valence electrons. The van der Waals surface area contributed by atoms with Crippen LogP contribution < -0.4 is 10.2 Å². The minimum atomic E-state index is -0.580. The average Bonchev–Trinajstić information content (AvgIpc) is 2.67. The summed E-state index contributed by atoms with van der Waals surface area (Å²) in [4.78, 5) is 24.3. The SMILES string of the molecule is Cn1nc(N2CCC(=O)NC2=O)c2c(F)cc(Br)cc21. The van der Waals surface area contributed by atoms with E-state index in [9.17, 15) is 14.0 Å². The van der Waals surface area contributed by atoms with Crippen molar-refractivity contribution in [3.63, 3.8) is 0 Å². The molecule has 1 aromatic heterocycles. The predicted octanol–water partition coefficient (Wildman–Crippen LogP) is 1.92. The van der Waals surface area contributed by atoms with E-state index >= 15 is 0 Å². The third kappa shape index (κ3) is 1.96. The van der Waals surface area contributed by atoms with E-state index in [0.29, 0.717) is 9.99 Å². The normalized spacial score (nSPS) is 15.8. The second kappa shape index (κ2) is 4.55. The van der Waals surface area contributed by atoms with Crippen molar-refractivity contribution >= 4 is 44.6 Å². The van der Waals surface area contributed by atoms with Gasteiger partial charge in [-0.2, -0.15) is 5.10 Å². The molecule has 0 atom stereocenters. The van der Waals surface area contributed by atoms with Gasteiger partial charge in [0.1, 0.15) is 5.82 Å². The standard InChI is InChI=1S/C12H10BrFN4O2/c1-17-8-5-6(13)4-7(14)10(8)11(16-17)18-3-2-9(19)15-12(18)20/h4-5H,2-3H2,1H3,(H,15,19,20). The van der Waals surface area contributed by atoms with Gasteiger partial charge in [0.05, 0.1) is 10.9 Å². The fourth-order valence-electron chi connectivity index (χ4n) is 2.24. The molecule has 2 heterocycles. The number of hydrogen-bond acceptors (Lipinski definition) is 3. The van der Waals surface area contributed by atoms with Gasteiger partial charge in [-0.15, -0.1) is 0 Å². The van der Waals surface area contributed by atoms with Crippen LogP contribution in [0.3, 0.4) is 0 Å². The summed E-state index contributed by atoms with van der Waals surface area (Å²) in [5, 5.41) is 6.66. The maximum atomic E-state index is 14.2. The molecule has 1 fully saturated rings. The highest BCUT2D eigenvalue weighted by Gasteiger charge is 2.29. The maximum Gasteiger partial charge on any atom is 0.329 e. The van der Waals surface area contributed by atoms with Crippen molar-refractivity contribution < 1.29 is 14.0 Å². The Balaban J connectivity index is 2.17. The molecule has 8 heteroatoms. The minimum absolute atomic E-state index is 0.169. The van der Waals surface area contributed by atoms with Gasteiger partial charge < -0.3 is 0 Å². The van der Waals surface area contributed by atoms with Crippen LogP contribution in [0, 0.1) is 5.82 Å². The molecule has 0 bridgehead atoms. The van der Waals surface area contributed by atoms with E-state index in [-0.39, 0.29) is 30.1 Å². The number of nitrogens with one attached hydrogen (secondary N) is 1. The molecule has 1 aromatic carbocycles. The molecule has 1 saturated heterocycles. The molecule has 3 rings (SSSR count). The fraction of sp³-hybridized carbons (Fsp3) is 0.250. The quantitative estimate of drug-likeness (QED) is 0.862. The molecule has 2 aromatic rings. The van der Waals surface area contributed by atoms with Gasteiger partial charge in [0.15, 0.2) is 5.82 Å². The summed E-state index contributed by atoms with van der Waals surface area (Å²) >= 11 is 3.22. The number of amides is 3. The topological polar surface area (TPSA) is 67.2 Å². The number of benzene rings is 1. The lowest BCUT2D eigenvalue weighted by atomic mass is 10.2. The van der Waals surface area contributed by atoms with E-state index in [1.165, 1.54) is 15.6 Å². The molecule has 0 aliphatic carbocycles. The van der Waals surface area contributed by atoms with Crippen LogP contribution in [0.2, 0.25) is 0 Å². The molecule has 0 spiro atoms. The lowest BCUT2D eigenvalue weighted by Gasteiger charge is -2.24. The number of carbonyl (C=O) groups is 2. The smallest absolute Gasteiger partial charge is 0.278 e. The molecule has 20 heavy (non-hydrogen) atoms. The van der Waals surface area contributed by atoms with Crippen LogP contribution in [0.15, 0.2) is 16.6 Å². The number of carbonyl (C=O) groups excluding carboxylic acids is 2. The molecule has 3 amide bonds. The third-order valence-corrected chi connectivity index (χ3v) is 3.62. The molecule has 0 unspecified atom stereocenters. The molecular formula is C12H10BrFN4O2. The van der Waals surface area contributed by atoms with Crippen LogP contribution >= 0.6 is 15.9 Å². The summed E-state index contributed by atoms with van der Waals surface area (Å²) < 4.78 is 16.3. The highest BCUT2D eigenvalue weighted by Crippen LogP contribution is 2.31. The monoisotopic (exact) mass is 340 g/mol. The number of hydrogen-bond donors (Lipinski definition) is 1. The third-order valence-electron chi connectivity index (χ3n) is 3.16.